The van der Waals surface area contributed by atoms with Crippen LogP contribution in [0.1, 0.15) is 17.6 Å². The van der Waals surface area contributed by atoms with Crippen molar-refractivity contribution in [3.63, 3.8) is 0 Å². The molecule has 0 fully saturated rings. The third-order valence-electron chi connectivity index (χ3n) is 3.15. The molecule has 0 saturated heterocycles. The summed E-state index contributed by atoms with van der Waals surface area (Å²) in [6.07, 6.45) is 0.802. The van der Waals surface area contributed by atoms with E-state index in [0.29, 0.717) is 5.69 Å². The van der Waals surface area contributed by atoms with Gasteiger partial charge in [0.25, 0.3) is 0 Å². The molecule has 126 valence electrons. The molecule has 0 bridgehead atoms. The Kier molecular flexibility index (Phi) is 5.21. The summed E-state index contributed by atoms with van der Waals surface area (Å²) < 4.78 is 48.6. The highest BCUT2D eigenvalue weighted by molar-refractivity contribution is 7.89. The van der Waals surface area contributed by atoms with Gasteiger partial charge in [-0.1, -0.05) is 6.92 Å². The first kappa shape index (κ1) is 18.0. The number of thiazole rings is 1. The molecule has 2 aromatic rings. The van der Waals surface area contributed by atoms with Gasteiger partial charge in [0.15, 0.2) is 0 Å². The van der Waals surface area contributed by atoms with Gasteiger partial charge < -0.3 is 0 Å². The summed E-state index contributed by atoms with van der Waals surface area (Å²) in [6.45, 7) is 2.13. The number of nitrogens with two attached hydrogens (primary N) is 1. The zero-order chi connectivity index (χ0) is 17.3. The van der Waals surface area contributed by atoms with Crippen molar-refractivity contribution < 1.29 is 16.8 Å². The van der Waals surface area contributed by atoms with Gasteiger partial charge in [-0.2, -0.15) is 4.31 Å². The lowest BCUT2D eigenvalue weighted by molar-refractivity contribution is 0.462. The van der Waals surface area contributed by atoms with Crippen LogP contribution in [0.4, 0.5) is 0 Å². The van der Waals surface area contributed by atoms with Crippen molar-refractivity contribution in [1.82, 2.24) is 9.29 Å². The zero-order valence-electron chi connectivity index (χ0n) is 12.6. The highest BCUT2D eigenvalue weighted by atomic mass is 32.2. The highest BCUT2D eigenvalue weighted by Crippen LogP contribution is 2.19. The fraction of sp³-hybridized carbons (Fsp3) is 0.308. The number of hydrogen-bond acceptors (Lipinski definition) is 6. The molecule has 0 unspecified atom stereocenters. The van der Waals surface area contributed by atoms with Crippen molar-refractivity contribution in [2.24, 2.45) is 5.14 Å². The normalized spacial score (nSPS) is 12.7. The second-order valence-electron chi connectivity index (χ2n) is 4.86. The third kappa shape index (κ3) is 4.15. The predicted octanol–water partition coefficient (Wildman–Crippen LogP) is 1.17. The van der Waals surface area contributed by atoms with E-state index in [1.807, 2.05) is 12.3 Å². The largest absolute Gasteiger partial charge is 0.245 e. The van der Waals surface area contributed by atoms with Crippen molar-refractivity contribution in [2.45, 2.75) is 29.7 Å². The Morgan fingerprint density at radius 3 is 2.17 bits per heavy atom. The third-order valence-corrected chi connectivity index (χ3v) is 6.94. The molecule has 0 aliphatic carbocycles. The van der Waals surface area contributed by atoms with Gasteiger partial charge in [0.1, 0.15) is 0 Å². The van der Waals surface area contributed by atoms with Crippen LogP contribution in [0.25, 0.3) is 0 Å². The summed E-state index contributed by atoms with van der Waals surface area (Å²) in [6, 6.07) is 4.80. The number of rotatable bonds is 6. The molecule has 0 aliphatic rings. The number of aromatic nitrogens is 1. The predicted molar refractivity (Wildman–Crippen MR) is 88.0 cm³/mol. The van der Waals surface area contributed by atoms with Gasteiger partial charge in [-0.25, -0.2) is 27.0 Å². The van der Waals surface area contributed by atoms with Crippen LogP contribution in [0.2, 0.25) is 0 Å². The van der Waals surface area contributed by atoms with Gasteiger partial charge in [-0.05, 0) is 30.7 Å². The van der Waals surface area contributed by atoms with Crippen LogP contribution in [0.3, 0.4) is 0 Å². The van der Waals surface area contributed by atoms with Crippen LogP contribution in [0.5, 0.6) is 0 Å². The highest BCUT2D eigenvalue weighted by Gasteiger charge is 2.22. The molecule has 2 N–H and O–H groups in total. The zero-order valence-corrected chi connectivity index (χ0v) is 15.1. The molecule has 1 aromatic carbocycles. The van der Waals surface area contributed by atoms with Gasteiger partial charge in [0, 0.05) is 12.4 Å². The molecule has 7 nitrogen and oxygen atoms in total. The maximum absolute atomic E-state index is 12.5. The van der Waals surface area contributed by atoms with Crippen LogP contribution >= 0.6 is 11.3 Å². The molecule has 1 heterocycles. The molecular weight excluding hydrogens is 358 g/mol. The lowest BCUT2D eigenvalue weighted by Crippen LogP contribution is -2.26. The van der Waals surface area contributed by atoms with E-state index in [1.165, 1.54) is 47.0 Å². The van der Waals surface area contributed by atoms with Crippen LogP contribution < -0.4 is 5.14 Å². The first-order valence-corrected chi connectivity index (χ1v) is 10.5. The van der Waals surface area contributed by atoms with Crippen molar-refractivity contribution >= 4 is 31.4 Å². The molecule has 1 aromatic heterocycles. The standard InChI is InChI=1S/C13H17N3O4S3/c1-3-13-15-10(9-21-13)8-16(2)23(19,20)12-6-4-11(5-7-12)22(14,17)18/h4-7,9H,3,8H2,1-2H3,(H2,14,17,18). The summed E-state index contributed by atoms with van der Waals surface area (Å²) in [4.78, 5) is 4.20. The Balaban J connectivity index is 2.23. The first-order valence-electron chi connectivity index (χ1n) is 6.67. The maximum Gasteiger partial charge on any atom is 0.243 e. The molecule has 0 saturated carbocycles. The average Bonchev–Trinajstić information content (AvgIpc) is 2.94. The summed E-state index contributed by atoms with van der Waals surface area (Å²) in [5.74, 6) is 0. The molecule has 0 amide bonds. The van der Waals surface area contributed by atoms with Crippen molar-refractivity contribution in [3.05, 3.63) is 40.3 Å². The molecular formula is C13H17N3O4S3. The first-order chi connectivity index (χ1) is 10.6. The molecule has 2 rings (SSSR count). The van der Waals surface area contributed by atoms with Crippen LogP contribution in [0.15, 0.2) is 39.4 Å². The van der Waals surface area contributed by atoms with Crippen LogP contribution in [-0.4, -0.2) is 33.2 Å². The topological polar surface area (TPSA) is 110 Å². The molecule has 0 spiro atoms. The van der Waals surface area contributed by atoms with Crippen LogP contribution in [-0.2, 0) is 33.0 Å². The number of aryl methyl sites for hydroxylation is 1. The molecule has 10 heteroatoms. The van der Waals surface area contributed by atoms with E-state index in [2.05, 4.69) is 4.98 Å². The number of benzene rings is 1. The molecule has 0 aliphatic heterocycles. The van der Waals surface area contributed by atoms with Gasteiger partial charge in [-0.3, -0.25) is 0 Å². The number of hydrogen-bond donors (Lipinski definition) is 1. The van der Waals surface area contributed by atoms with Gasteiger partial charge in [0.05, 0.1) is 27.0 Å². The Bertz CT molecular complexity index is 887. The SMILES string of the molecule is CCc1nc(CN(C)S(=O)(=O)c2ccc(S(N)(=O)=O)cc2)cs1. The number of sulfonamides is 2. The summed E-state index contributed by atoms with van der Waals surface area (Å²) in [7, 11) is -6.13. The fourth-order valence-electron chi connectivity index (χ4n) is 1.88. The second-order valence-corrected chi connectivity index (χ2v) is 9.41. The van der Waals surface area contributed by atoms with Crippen molar-refractivity contribution in [2.75, 3.05) is 7.05 Å². The Labute approximate surface area is 139 Å². The lowest BCUT2D eigenvalue weighted by Gasteiger charge is -2.16. The van der Waals surface area contributed by atoms with Gasteiger partial charge in [-0.15, -0.1) is 11.3 Å². The maximum atomic E-state index is 12.5. The van der Waals surface area contributed by atoms with E-state index >= 15 is 0 Å². The van der Waals surface area contributed by atoms with E-state index in [-0.39, 0.29) is 16.3 Å². The molecule has 23 heavy (non-hydrogen) atoms. The molecule has 0 atom stereocenters. The minimum absolute atomic E-state index is 0.00153. The van der Waals surface area contributed by atoms with Gasteiger partial charge in [0.2, 0.25) is 20.0 Å². The number of primary sulfonamides is 1. The summed E-state index contributed by atoms with van der Waals surface area (Å²) in [5, 5.41) is 7.77. The Morgan fingerprint density at radius 2 is 1.70 bits per heavy atom. The number of nitrogens with zero attached hydrogens (tertiary/aromatic N) is 2. The average molecular weight is 375 g/mol. The monoisotopic (exact) mass is 375 g/mol. The second kappa shape index (κ2) is 6.65. The minimum Gasteiger partial charge on any atom is -0.245 e. The van der Waals surface area contributed by atoms with E-state index in [1.54, 1.807) is 0 Å². The van der Waals surface area contributed by atoms with E-state index in [0.717, 1.165) is 11.4 Å². The summed E-state index contributed by atoms with van der Waals surface area (Å²) >= 11 is 1.49. The van der Waals surface area contributed by atoms with Gasteiger partial charge >= 0.3 is 0 Å². The van der Waals surface area contributed by atoms with E-state index in [9.17, 15) is 16.8 Å². The smallest absolute Gasteiger partial charge is 0.243 e. The van der Waals surface area contributed by atoms with E-state index < -0.39 is 20.0 Å². The quantitative estimate of drug-likeness (QED) is 0.815. The lowest BCUT2D eigenvalue weighted by atomic mass is 10.4. The van der Waals surface area contributed by atoms with Crippen molar-refractivity contribution in [3.8, 4) is 0 Å². The fourth-order valence-corrected chi connectivity index (χ4v) is 4.27. The molecule has 0 radical (unpaired) electrons. The Hall–Kier alpha value is -1.33. The minimum atomic E-state index is -3.85. The van der Waals surface area contributed by atoms with Crippen LogP contribution in [0, 0.1) is 0 Å². The van der Waals surface area contributed by atoms with E-state index in [4.69, 9.17) is 5.14 Å². The summed E-state index contributed by atoms with van der Waals surface area (Å²) in [5.41, 5.74) is 0.680. The Morgan fingerprint density at radius 1 is 1.13 bits per heavy atom. The van der Waals surface area contributed by atoms with Crippen molar-refractivity contribution in [1.29, 1.82) is 0 Å².